The van der Waals surface area contributed by atoms with Gasteiger partial charge in [-0.3, -0.25) is 33.1 Å². The van der Waals surface area contributed by atoms with Crippen LogP contribution in [0.25, 0.3) is 0 Å². The summed E-state index contributed by atoms with van der Waals surface area (Å²) in [6.45, 7) is 1.76. The third-order valence-corrected chi connectivity index (χ3v) is 14.1. The summed E-state index contributed by atoms with van der Waals surface area (Å²) in [6.07, 6.45) is 2.25. The maximum Gasteiger partial charge on any atom is 0.287 e. The minimum absolute atomic E-state index is 0.0163. The molecule has 57 heavy (non-hydrogen) atoms. The average molecular weight is 845 g/mol. The number of sulfonamides is 1. The van der Waals surface area contributed by atoms with Gasteiger partial charge >= 0.3 is 0 Å². The summed E-state index contributed by atoms with van der Waals surface area (Å²) in [5.74, 6) is -5.29. The van der Waals surface area contributed by atoms with E-state index in [1.165, 1.54) is 41.8 Å². The highest BCUT2D eigenvalue weighted by Gasteiger charge is 2.51. The van der Waals surface area contributed by atoms with Crippen molar-refractivity contribution < 1.29 is 55.4 Å². The molecular formula is C35H50F2N8O10S2. The van der Waals surface area contributed by atoms with Gasteiger partial charge in [-0.25, -0.2) is 26.6 Å². The van der Waals surface area contributed by atoms with E-state index in [1.807, 2.05) is 0 Å². The number of rotatable bonds is 15. The van der Waals surface area contributed by atoms with Crippen molar-refractivity contribution in [1.82, 2.24) is 35.2 Å². The van der Waals surface area contributed by atoms with Crippen LogP contribution in [-0.4, -0.2) is 121 Å². The first kappa shape index (κ1) is 44.0. The molecule has 0 radical (unpaired) electrons. The van der Waals surface area contributed by atoms with E-state index in [2.05, 4.69) is 20.9 Å². The van der Waals surface area contributed by atoms with Crippen LogP contribution in [-0.2, 0) is 34.8 Å². The monoisotopic (exact) mass is 844 g/mol. The molecule has 3 heterocycles. The van der Waals surface area contributed by atoms with Crippen LogP contribution < -0.4 is 21.1 Å². The number of nitrogens with zero attached hydrogens (tertiary/aromatic N) is 4. The molecule has 1 aromatic carbocycles. The van der Waals surface area contributed by atoms with Gasteiger partial charge in [-0.15, -0.1) is 5.10 Å². The quantitative estimate of drug-likeness (QED) is 0.125. The van der Waals surface area contributed by atoms with Crippen LogP contribution in [0.1, 0.15) is 93.7 Å². The van der Waals surface area contributed by atoms with Gasteiger partial charge in [0.1, 0.15) is 23.2 Å². The second-order valence-corrected chi connectivity index (χ2v) is 19.7. The van der Waals surface area contributed by atoms with Gasteiger partial charge in [0.2, 0.25) is 27.6 Å². The first-order valence-corrected chi connectivity index (χ1v) is 22.0. The Labute approximate surface area is 330 Å². The van der Waals surface area contributed by atoms with E-state index < -0.39 is 92.3 Å². The van der Waals surface area contributed by atoms with Crippen LogP contribution in [0.3, 0.4) is 0 Å². The van der Waals surface area contributed by atoms with E-state index in [-0.39, 0.29) is 65.8 Å². The highest BCUT2D eigenvalue weighted by Crippen LogP contribution is 2.47. The van der Waals surface area contributed by atoms with E-state index in [0.29, 0.717) is 0 Å². The number of nitrogens with two attached hydrogens (primary N) is 1. The first-order valence-electron chi connectivity index (χ1n) is 18.6. The molecule has 8 N–H and O–H groups in total. The lowest BCUT2D eigenvalue weighted by Gasteiger charge is -2.45. The van der Waals surface area contributed by atoms with Crippen LogP contribution >= 0.6 is 10.6 Å². The van der Waals surface area contributed by atoms with Gasteiger partial charge in [0.05, 0.1) is 29.4 Å². The summed E-state index contributed by atoms with van der Waals surface area (Å²) >= 11 is 0. The van der Waals surface area contributed by atoms with Crippen LogP contribution in [0.5, 0.6) is 0 Å². The summed E-state index contributed by atoms with van der Waals surface area (Å²) in [5.41, 5.74) is 2.30. The molecule has 0 bridgehead atoms. The standard InChI is InChI=1S/C35H50F2N8O10S2/c1-34(2,51)27-18-39-43-45(27)23-17-26(32(49)42-35(29(46)30(38)47)12-14-56(52,53)15-13-35)44(20-23)33(50)25(16-21-6-4-3-5-7-21)41-31(48)22-8-10-24(11-9-22)57(54,55)40-19-28(36)37/h8-11,18,21,23,25-26,28,40,51-53H,3-7,12-17,19-20H2,1-2H3,(H2,38,47)(H,41,48)(H,42,49)/t23-,25?,26-/m0/s1. The third-order valence-electron chi connectivity index (χ3n) is 10.9. The number of alkyl halides is 2. The van der Waals surface area contributed by atoms with Crippen molar-refractivity contribution >= 4 is 50.0 Å². The number of amides is 4. The number of ketones is 1. The maximum absolute atomic E-state index is 14.8. The number of likely N-dealkylation sites (tertiary alicyclic amines) is 1. The van der Waals surface area contributed by atoms with E-state index in [4.69, 9.17) is 5.73 Å². The topological polar surface area (TPSA) is 276 Å². The summed E-state index contributed by atoms with van der Waals surface area (Å²) in [4.78, 5) is 69.2. The minimum Gasteiger partial charge on any atom is -0.384 e. The molecule has 2 aromatic rings. The van der Waals surface area contributed by atoms with Gasteiger partial charge in [0, 0.05) is 30.0 Å². The highest BCUT2D eigenvalue weighted by atomic mass is 32.3. The smallest absolute Gasteiger partial charge is 0.287 e. The van der Waals surface area contributed by atoms with E-state index in [9.17, 15) is 55.4 Å². The Morgan fingerprint density at radius 1 is 1.05 bits per heavy atom. The van der Waals surface area contributed by atoms with Crippen LogP contribution in [0.2, 0.25) is 0 Å². The van der Waals surface area contributed by atoms with Crippen molar-refractivity contribution in [1.29, 1.82) is 0 Å². The maximum atomic E-state index is 14.8. The number of nitrogens with one attached hydrogen (secondary N) is 3. The van der Waals surface area contributed by atoms with E-state index in [1.54, 1.807) is 4.72 Å². The fourth-order valence-electron chi connectivity index (χ4n) is 7.76. The van der Waals surface area contributed by atoms with E-state index in [0.717, 1.165) is 44.2 Å². The van der Waals surface area contributed by atoms with Gasteiger partial charge in [-0.2, -0.15) is 10.6 Å². The highest BCUT2D eigenvalue weighted by molar-refractivity contribution is 8.24. The molecule has 2 aliphatic heterocycles. The van der Waals surface area contributed by atoms with Crippen molar-refractivity contribution in [3.63, 3.8) is 0 Å². The lowest BCUT2D eigenvalue weighted by atomic mass is 9.84. The number of carbonyl (C=O) groups is 5. The molecule has 5 rings (SSSR count). The van der Waals surface area contributed by atoms with E-state index >= 15 is 0 Å². The Kier molecular flexibility index (Phi) is 13.4. The lowest BCUT2D eigenvalue weighted by Crippen LogP contribution is -2.64. The molecule has 1 aliphatic carbocycles. The van der Waals surface area contributed by atoms with Gasteiger partial charge in [-0.05, 0) is 63.3 Å². The Morgan fingerprint density at radius 3 is 2.26 bits per heavy atom. The largest absolute Gasteiger partial charge is 0.384 e. The number of aliphatic hydroxyl groups is 1. The number of benzene rings is 1. The number of halogens is 2. The van der Waals surface area contributed by atoms with Crippen molar-refractivity contribution in [2.75, 3.05) is 24.6 Å². The number of aromatic nitrogens is 3. The molecule has 0 spiro atoms. The minimum atomic E-state index is -4.30. The predicted octanol–water partition coefficient (Wildman–Crippen LogP) is 1.41. The molecule has 18 nitrogen and oxygen atoms in total. The lowest BCUT2D eigenvalue weighted by molar-refractivity contribution is -0.145. The molecule has 2 saturated heterocycles. The normalized spacial score (nSPS) is 22.4. The molecule has 1 unspecified atom stereocenters. The molecular weight excluding hydrogens is 795 g/mol. The SMILES string of the molecule is CC(C)(O)c1cnnn1[C@H]1C[C@@H](C(=O)NC2(C(=O)C(N)=O)CCS(O)(O)CC2)N(C(=O)C(CC2CCCCC2)NC(=O)c2ccc(S(=O)(=O)NCC(F)F)cc2)C1. The summed E-state index contributed by atoms with van der Waals surface area (Å²) < 4.78 is 74.0. The zero-order valence-corrected chi connectivity index (χ0v) is 33.2. The third kappa shape index (κ3) is 10.5. The van der Waals surface area contributed by atoms with Gasteiger partial charge in [-0.1, -0.05) is 37.3 Å². The molecule has 316 valence electrons. The average Bonchev–Trinajstić information content (AvgIpc) is 3.83. The second-order valence-electron chi connectivity index (χ2n) is 15.5. The molecule has 1 saturated carbocycles. The molecule has 1 aromatic heterocycles. The van der Waals surface area contributed by atoms with Crippen molar-refractivity contribution in [2.45, 2.75) is 112 Å². The van der Waals surface area contributed by atoms with Crippen molar-refractivity contribution in [3.8, 4) is 0 Å². The molecule has 3 fully saturated rings. The van der Waals surface area contributed by atoms with Gasteiger partial charge < -0.3 is 26.4 Å². The summed E-state index contributed by atoms with van der Waals surface area (Å²) in [6, 6.07) is 1.21. The van der Waals surface area contributed by atoms with Gasteiger partial charge in [0.15, 0.2) is 0 Å². The van der Waals surface area contributed by atoms with Crippen LogP contribution in [0, 0.1) is 5.92 Å². The Bertz CT molecular complexity index is 1920. The predicted molar refractivity (Wildman–Crippen MR) is 201 cm³/mol. The fraction of sp³-hybridized carbons (Fsp3) is 0.629. The summed E-state index contributed by atoms with van der Waals surface area (Å²) in [7, 11) is -7.39. The van der Waals surface area contributed by atoms with Crippen molar-refractivity contribution in [2.24, 2.45) is 11.7 Å². The van der Waals surface area contributed by atoms with Crippen LogP contribution in [0.4, 0.5) is 8.78 Å². The molecule has 22 heteroatoms. The Balaban J connectivity index is 1.47. The van der Waals surface area contributed by atoms with Crippen LogP contribution in [0.15, 0.2) is 35.4 Å². The fourth-order valence-corrected chi connectivity index (χ4v) is 10.3. The number of carbonyl (C=O) groups excluding carboxylic acids is 5. The number of Topliss-reactive ketones (excluding diaryl/α,β-unsaturated/α-hetero) is 1. The Hall–Kier alpha value is -4.09. The van der Waals surface area contributed by atoms with Crippen molar-refractivity contribution in [3.05, 3.63) is 41.7 Å². The summed E-state index contributed by atoms with van der Waals surface area (Å²) in [5, 5.41) is 24.3. The number of hydrogen-bond acceptors (Lipinski definition) is 12. The number of hydrogen-bond donors (Lipinski definition) is 7. The number of primary amides is 1. The zero-order chi connectivity index (χ0) is 41.9. The molecule has 3 atom stereocenters. The Morgan fingerprint density at radius 2 is 1.68 bits per heavy atom. The second kappa shape index (κ2) is 17.4. The molecule has 4 amide bonds. The van der Waals surface area contributed by atoms with Gasteiger partial charge in [0.25, 0.3) is 18.2 Å². The molecule has 3 aliphatic rings. The zero-order valence-electron chi connectivity index (χ0n) is 31.6. The first-order chi connectivity index (χ1) is 26.6.